The van der Waals surface area contributed by atoms with Gasteiger partial charge >= 0.3 is 0 Å². The Morgan fingerprint density at radius 3 is 2.92 bits per heavy atom. The average molecular weight is 390 g/mol. The van der Waals surface area contributed by atoms with Crippen molar-refractivity contribution in [1.82, 2.24) is 9.88 Å². The molecule has 0 unspecified atom stereocenters. The Morgan fingerprint density at radius 2 is 2.19 bits per heavy atom. The number of hydrogen-bond donors (Lipinski definition) is 1. The van der Waals surface area contributed by atoms with Crippen molar-refractivity contribution in [2.24, 2.45) is 5.92 Å². The van der Waals surface area contributed by atoms with Gasteiger partial charge in [0.1, 0.15) is 0 Å². The minimum Gasteiger partial charge on any atom is -0.341 e. The van der Waals surface area contributed by atoms with Gasteiger partial charge in [-0.2, -0.15) is 0 Å². The van der Waals surface area contributed by atoms with Gasteiger partial charge in [-0.1, -0.05) is 30.3 Å². The predicted molar refractivity (Wildman–Crippen MR) is 107 cm³/mol. The van der Waals surface area contributed by atoms with Gasteiger partial charge in [-0.25, -0.2) is 4.98 Å². The van der Waals surface area contributed by atoms with E-state index in [4.69, 9.17) is 0 Å². The van der Waals surface area contributed by atoms with Crippen LogP contribution in [0.25, 0.3) is 0 Å². The molecule has 26 heavy (non-hydrogen) atoms. The van der Waals surface area contributed by atoms with Gasteiger partial charge in [0, 0.05) is 30.4 Å². The zero-order valence-electron chi connectivity index (χ0n) is 14.8. The monoisotopic (exact) mass is 389 g/mol. The van der Waals surface area contributed by atoms with E-state index in [9.17, 15) is 9.59 Å². The number of rotatable bonds is 6. The summed E-state index contributed by atoms with van der Waals surface area (Å²) in [5, 5.41) is 5.18. The van der Waals surface area contributed by atoms with E-state index in [1.165, 1.54) is 16.9 Å². The number of carbonyl (C=O) groups is 2. The van der Waals surface area contributed by atoms with Gasteiger partial charge < -0.3 is 10.2 Å². The number of nitrogens with zero attached hydrogens (tertiary/aromatic N) is 2. The normalized spacial score (nSPS) is 18.3. The zero-order valence-corrected chi connectivity index (χ0v) is 16.4. The molecule has 0 bridgehead atoms. The topological polar surface area (TPSA) is 62.3 Å². The summed E-state index contributed by atoms with van der Waals surface area (Å²) in [7, 11) is 0. The molecule has 138 valence electrons. The molecule has 0 saturated carbocycles. The van der Waals surface area contributed by atoms with Gasteiger partial charge in [-0.3, -0.25) is 9.59 Å². The van der Waals surface area contributed by atoms with E-state index in [1.807, 2.05) is 35.4 Å². The minimum absolute atomic E-state index is 0.0398. The number of thiazole rings is 1. The maximum absolute atomic E-state index is 12.8. The lowest BCUT2D eigenvalue weighted by Gasteiger charge is -2.33. The molecule has 0 aliphatic carbocycles. The highest BCUT2D eigenvalue weighted by Crippen LogP contribution is 2.24. The van der Waals surface area contributed by atoms with Crippen LogP contribution in [0.5, 0.6) is 0 Å². The highest BCUT2D eigenvalue weighted by Gasteiger charge is 2.30. The van der Waals surface area contributed by atoms with Gasteiger partial charge in [-0.15, -0.1) is 23.1 Å². The fraction of sp³-hybridized carbons (Fsp3) is 0.421. The van der Waals surface area contributed by atoms with E-state index < -0.39 is 0 Å². The Bertz CT molecular complexity index is 722. The molecule has 2 atom stereocenters. The van der Waals surface area contributed by atoms with Crippen LogP contribution < -0.4 is 5.32 Å². The van der Waals surface area contributed by atoms with Crippen LogP contribution in [0.2, 0.25) is 0 Å². The Hall–Kier alpha value is -1.86. The molecule has 0 spiro atoms. The van der Waals surface area contributed by atoms with Crippen LogP contribution in [-0.4, -0.2) is 40.0 Å². The first kappa shape index (κ1) is 18.9. The van der Waals surface area contributed by atoms with Crippen LogP contribution >= 0.6 is 23.1 Å². The summed E-state index contributed by atoms with van der Waals surface area (Å²) in [6, 6.07) is 10.2. The van der Waals surface area contributed by atoms with Crippen LogP contribution in [0.15, 0.2) is 41.9 Å². The number of hydrogen-bond acceptors (Lipinski definition) is 5. The van der Waals surface area contributed by atoms with Crippen molar-refractivity contribution in [3.8, 4) is 0 Å². The molecule has 1 N–H and O–H groups in total. The Balaban J connectivity index is 1.51. The number of aromatic nitrogens is 1. The highest BCUT2D eigenvalue weighted by atomic mass is 32.2. The maximum Gasteiger partial charge on any atom is 0.235 e. The molecule has 0 radical (unpaired) electrons. The third-order valence-electron chi connectivity index (χ3n) is 4.46. The molecule has 1 aromatic heterocycles. The fourth-order valence-corrected chi connectivity index (χ4v) is 4.47. The number of piperidine rings is 1. The van der Waals surface area contributed by atoms with Crippen LogP contribution in [0, 0.1) is 5.92 Å². The second kappa shape index (κ2) is 9.19. The van der Waals surface area contributed by atoms with Crippen molar-refractivity contribution >= 4 is 40.0 Å². The number of amides is 2. The molecule has 3 rings (SSSR count). The van der Waals surface area contributed by atoms with Crippen molar-refractivity contribution in [3.05, 3.63) is 47.5 Å². The Labute approximate surface area is 162 Å². The van der Waals surface area contributed by atoms with Crippen molar-refractivity contribution in [1.29, 1.82) is 0 Å². The number of thioether (sulfide) groups is 1. The average Bonchev–Trinajstić information content (AvgIpc) is 3.19. The number of carbonyl (C=O) groups excluding carboxylic acids is 2. The standard InChI is InChI=1S/C19H23N3O2S2/c1-14(26-13-15-6-3-2-4-7-15)18(24)22-10-5-8-16(12-22)17(23)21-19-20-9-11-25-19/h2-4,6-7,9,11,14,16H,5,8,10,12-13H2,1H3,(H,20,21,23)/t14-,16+/m0/s1. The largest absolute Gasteiger partial charge is 0.341 e. The van der Waals surface area contributed by atoms with Crippen LogP contribution in [0.3, 0.4) is 0 Å². The summed E-state index contributed by atoms with van der Waals surface area (Å²) in [6.07, 6.45) is 3.34. The molecule has 2 aromatic rings. The van der Waals surface area contributed by atoms with Crippen LogP contribution in [0.4, 0.5) is 5.13 Å². The quantitative estimate of drug-likeness (QED) is 0.819. The summed E-state index contributed by atoms with van der Waals surface area (Å²) in [5.41, 5.74) is 1.22. The van der Waals surface area contributed by atoms with Crippen LogP contribution in [-0.2, 0) is 15.3 Å². The second-order valence-corrected chi connectivity index (χ2v) is 8.61. The molecule has 1 saturated heterocycles. The molecular weight excluding hydrogens is 366 g/mol. The predicted octanol–water partition coefficient (Wildman–Crippen LogP) is 3.64. The molecule has 2 amide bonds. The summed E-state index contributed by atoms with van der Waals surface area (Å²) >= 11 is 3.05. The van der Waals surface area contributed by atoms with Crippen molar-refractivity contribution in [3.63, 3.8) is 0 Å². The maximum atomic E-state index is 12.8. The minimum atomic E-state index is -0.164. The molecular formula is C19H23N3O2S2. The SMILES string of the molecule is C[C@H](SCc1ccccc1)C(=O)N1CCC[C@@H](C(=O)Nc2nccs2)C1. The number of benzene rings is 1. The molecule has 1 aromatic carbocycles. The molecule has 5 nitrogen and oxygen atoms in total. The van der Waals surface area contributed by atoms with Crippen molar-refractivity contribution in [2.75, 3.05) is 18.4 Å². The third-order valence-corrected chi connectivity index (χ3v) is 6.35. The lowest BCUT2D eigenvalue weighted by Crippen LogP contribution is -2.46. The summed E-state index contributed by atoms with van der Waals surface area (Å²) in [6.45, 7) is 3.18. The summed E-state index contributed by atoms with van der Waals surface area (Å²) in [4.78, 5) is 31.1. The van der Waals surface area contributed by atoms with Gasteiger partial charge in [0.25, 0.3) is 0 Å². The summed E-state index contributed by atoms with van der Waals surface area (Å²) < 4.78 is 0. The first-order valence-electron chi connectivity index (χ1n) is 8.78. The van der Waals surface area contributed by atoms with E-state index in [0.29, 0.717) is 11.7 Å². The third kappa shape index (κ3) is 5.08. The molecule has 1 aliphatic rings. The summed E-state index contributed by atoms with van der Waals surface area (Å²) in [5.74, 6) is 0.734. The number of likely N-dealkylation sites (tertiary alicyclic amines) is 1. The van der Waals surface area contributed by atoms with Gasteiger partial charge in [0.15, 0.2) is 5.13 Å². The molecule has 2 heterocycles. The van der Waals surface area contributed by atoms with Crippen molar-refractivity contribution in [2.45, 2.75) is 30.8 Å². The van der Waals surface area contributed by atoms with Gasteiger partial charge in [0.2, 0.25) is 11.8 Å². The fourth-order valence-electron chi connectivity index (χ4n) is 3.01. The first-order valence-corrected chi connectivity index (χ1v) is 10.7. The van der Waals surface area contributed by atoms with Gasteiger partial charge in [-0.05, 0) is 25.3 Å². The zero-order chi connectivity index (χ0) is 18.4. The van der Waals surface area contributed by atoms with E-state index >= 15 is 0 Å². The second-order valence-electron chi connectivity index (χ2n) is 6.39. The molecule has 7 heteroatoms. The van der Waals surface area contributed by atoms with E-state index in [0.717, 1.165) is 25.1 Å². The van der Waals surface area contributed by atoms with Crippen molar-refractivity contribution < 1.29 is 9.59 Å². The number of nitrogens with one attached hydrogen (secondary N) is 1. The van der Waals surface area contributed by atoms with E-state index in [1.54, 1.807) is 18.0 Å². The lowest BCUT2D eigenvalue weighted by molar-refractivity contribution is -0.133. The molecule has 1 fully saturated rings. The molecule has 1 aliphatic heterocycles. The highest BCUT2D eigenvalue weighted by molar-refractivity contribution is 7.99. The Kier molecular flexibility index (Phi) is 6.68. The number of anilines is 1. The van der Waals surface area contributed by atoms with Crippen LogP contribution in [0.1, 0.15) is 25.3 Å². The Morgan fingerprint density at radius 1 is 1.38 bits per heavy atom. The van der Waals surface area contributed by atoms with E-state index in [2.05, 4.69) is 22.4 Å². The van der Waals surface area contributed by atoms with E-state index in [-0.39, 0.29) is 23.0 Å². The first-order chi connectivity index (χ1) is 12.6. The lowest BCUT2D eigenvalue weighted by atomic mass is 9.97. The van der Waals surface area contributed by atoms with Gasteiger partial charge in [0.05, 0.1) is 11.2 Å². The smallest absolute Gasteiger partial charge is 0.235 e.